The lowest BCUT2D eigenvalue weighted by atomic mass is 10.3. The Morgan fingerprint density at radius 1 is 1.19 bits per heavy atom. The van der Waals surface area contributed by atoms with Crippen molar-refractivity contribution < 1.29 is 22.7 Å². The number of methoxy groups -OCH3 is 1. The van der Waals surface area contributed by atoms with Crippen LogP contribution in [-0.2, 0) is 14.8 Å². The van der Waals surface area contributed by atoms with Gasteiger partial charge in [0, 0.05) is 31.5 Å². The van der Waals surface area contributed by atoms with Gasteiger partial charge in [0.05, 0.1) is 18.6 Å². The van der Waals surface area contributed by atoms with Gasteiger partial charge in [0.25, 0.3) is 11.8 Å². The molecule has 144 valence electrons. The SMILES string of the molecule is COc1nccnc1OC1CCN(S(=O)(=O)c2ccc(NC(C)=O)cc2)C1. The standard InChI is InChI=1S/C17H20N4O5S/c1-12(22)20-13-3-5-15(6-4-13)27(23,24)21-10-7-14(11-21)26-17-16(25-2)18-8-9-19-17/h3-6,8-9,14H,7,10-11H2,1-2H3,(H,20,22). The Morgan fingerprint density at radius 2 is 1.85 bits per heavy atom. The summed E-state index contributed by atoms with van der Waals surface area (Å²) in [6, 6.07) is 6.06. The van der Waals surface area contributed by atoms with E-state index in [0.717, 1.165) is 0 Å². The summed E-state index contributed by atoms with van der Waals surface area (Å²) in [5.74, 6) is 0.279. The first-order valence-electron chi connectivity index (χ1n) is 8.29. The molecule has 1 atom stereocenters. The number of nitrogens with one attached hydrogen (secondary N) is 1. The van der Waals surface area contributed by atoms with Crippen LogP contribution in [0.5, 0.6) is 11.8 Å². The number of anilines is 1. The fourth-order valence-corrected chi connectivity index (χ4v) is 4.25. The van der Waals surface area contributed by atoms with Gasteiger partial charge in [-0.05, 0) is 30.7 Å². The van der Waals surface area contributed by atoms with E-state index in [-0.39, 0.29) is 35.2 Å². The molecular weight excluding hydrogens is 372 g/mol. The van der Waals surface area contributed by atoms with Crippen LogP contribution >= 0.6 is 0 Å². The monoisotopic (exact) mass is 392 g/mol. The van der Waals surface area contributed by atoms with Crippen LogP contribution in [0.1, 0.15) is 13.3 Å². The maximum Gasteiger partial charge on any atom is 0.278 e. The maximum atomic E-state index is 12.8. The third-order valence-electron chi connectivity index (χ3n) is 4.03. The van der Waals surface area contributed by atoms with Crippen LogP contribution in [0.3, 0.4) is 0 Å². The van der Waals surface area contributed by atoms with Gasteiger partial charge in [-0.1, -0.05) is 0 Å². The summed E-state index contributed by atoms with van der Waals surface area (Å²) >= 11 is 0. The van der Waals surface area contributed by atoms with E-state index in [9.17, 15) is 13.2 Å². The fourth-order valence-electron chi connectivity index (χ4n) is 2.77. The minimum absolute atomic E-state index is 0.161. The first kappa shape index (κ1) is 19.1. The lowest BCUT2D eigenvalue weighted by Crippen LogP contribution is -2.31. The number of aromatic nitrogens is 2. The molecule has 27 heavy (non-hydrogen) atoms. The Morgan fingerprint density at radius 3 is 2.48 bits per heavy atom. The van der Waals surface area contributed by atoms with Crippen molar-refractivity contribution in [2.45, 2.75) is 24.3 Å². The van der Waals surface area contributed by atoms with Crippen LogP contribution in [-0.4, -0.2) is 54.9 Å². The highest BCUT2D eigenvalue weighted by Gasteiger charge is 2.34. The molecule has 0 aliphatic carbocycles. The first-order chi connectivity index (χ1) is 12.9. The minimum atomic E-state index is -3.65. The summed E-state index contributed by atoms with van der Waals surface area (Å²) in [6.07, 6.45) is 3.16. The molecule has 1 saturated heterocycles. The number of sulfonamides is 1. The Labute approximate surface area is 157 Å². The summed E-state index contributed by atoms with van der Waals surface area (Å²) in [5.41, 5.74) is 0.541. The van der Waals surface area contributed by atoms with Gasteiger partial charge in [0.1, 0.15) is 6.10 Å². The molecule has 1 aliphatic rings. The maximum absolute atomic E-state index is 12.8. The quantitative estimate of drug-likeness (QED) is 0.788. The highest BCUT2D eigenvalue weighted by molar-refractivity contribution is 7.89. The Kier molecular flexibility index (Phi) is 5.57. The van der Waals surface area contributed by atoms with E-state index < -0.39 is 10.0 Å². The number of nitrogens with zero attached hydrogens (tertiary/aromatic N) is 3. The van der Waals surface area contributed by atoms with E-state index in [1.165, 1.54) is 42.9 Å². The second kappa shape index (κ2) is 7.89. The van der Waals surface area contributed by atoms with E-state index >= 15 is 0 Å². The summed E-state index contributed by atoms with van der Waals surface area (Å²) in [7, 11) is -2.19. The van der Waals surface area contributed by atoms with Crippen LogP contribution in [0.25, 0.3) is 0 Å². The molecule has 9 nitrogen and oxygen atoms in total. The zero-order chi connectivity index (χ0) is 19.4. The largest absolute Gasteiger partial charge is 0.477 e. The average Bonchev–Trinajstić information content (AvgIpc) is 3.11. The van der Waals surface area contributed by atoms with Crippen molar-refractivity contribution in [3.05, 3.63) is 36.7 Å². The molecule has 1 aromatic carbocycles. The van der Waals surface area contributed by atoms with Gasteiger partial charge >= 0.3 is 0 Å². The van der Waals surface area contributed by atoms with Gasteiger partial charge in [-0.25, -0.2) is 18.4 Å². The highest BCUT2D eigenvalue weighted by Crippen LogP contribution is 2.27. The van der Waals surface area contributed by atoms with E-state index in [1.54, 1.807) is 12.1 Å². The number of hydrogen-bond acceptors (Lipinski definition) is 7. The van der Waals surface area contributed by atoms with Crippen LogP contribution in [0.4, 0.5) is 5.69 Å². The lowest BCUT2D eigenvalue weighted by Gasteiger charge is -2.17. The molecule has 1 amide bonds. The Hall–Kier alpha value is -2.72. The first-order valence-corrected chi connectivity index (χ1v) is 9.73. The number of ether oxygens (including phenoxy) is 2. The van der Waals surface area contributed by atoms with Crippen molar-refractivity contribution in [1.29, 1.82) is 0 Å². The van der Waals surface area contributed by atoms with E-state index in [2.05, 4.69) is 15.3 Å². The van der Waals surface area contributed by atoms with E-state index in [1.807, 2.05) is 0 Å². The molecule has 0 saturated carbocycles. The van der Waals surface area contributed by atoms with E-state index in [0.29, 0.717) is 18.7 Å². The molecule has 2 heterocycles. The number of amides is 1. The van der Waals surface area contributed by atoms with E-state index in [4.69, 9.17) is 9.47 Å². The molecule has 1 aliphatic heterocycles. The second-order valence-corrected chi connectivity index (χ2v) is 7.91. The van der Waals surface area contributed by atoms with Crippen LogP contribution < -0.4 is 14.8 Å². The molecule has 0 spiro atoms. The van der Waals surface area contributed by atoms with Crippen molar-refractivity contribution in [3.63, 3.8) is 0 Å². The minimum Gasteiger partial charge on any atom is -0.477 e. The molecule has 1 aromatic heterocycles. The average molecular weight is 392 g/mol. The second-order valence-electron chi connectivity index (χ2n) is 5.97. The topological polar surface area (TPSA) is 111 Å². The number of hydrogen-bond donors (Lipinski definition) is 1. The number of benzene rings is 1. The van der Waals surface area contributed by atoms with Crippen LogP contribution in [0.15, 0.2) is 41.6 Å². The Bertz CT molecular complexity index is 917. The summed E-state index contributed by atoms with van der Waals surface area (Å²) < 4.78 is 37.9. The van der Waals surface area contributed by atoms with Gasteiger partial charge in [-0.3, -0.25) is 4.79 Å². The van der Waals surface area contributed by atoms with Crippen molar-refractivity contribution >= 4 is 21.6 Å². The van der Waals surface area contributed by atoms with Gasteiger partial charge < -0.3 is 14.8 Å². The molecule has 1 unspecified atom stereocenters. The molecule has 0 radical (unpaired) electrons. The third kappa shape index (κ3) is 4.34. The van der Waals surface area contributed by atoms with Crippen LogP contribution in [0.2, 0.25) is 0 Å². The zero-order valence-electron chi connectivity index (χ0n) is 15.0. The van der Waals surface area contributed by atoms with Gasteiger partial charge in [-0.15, -0.1) is 0 Å². The fraction of sp³-hybridized carbons (Fsp3) is 0.353. The number of rotatable bonds is 6. The predicted molar refractivity (Wildman–Crippen MR) is 97.1 cm³/mol. The van der Waals surface area contributed by atoms with Gasteiger partial charge in [0.15, 0.2) is 0 Å². The van der Waals surface area contributed by atoms with Crippen molar-refractivity contribution in [3.8, 4) is 11.8 Å². The number of carbonyl (C=O) groups is 1. The molecule has 10 heteroatoms. The van der Waals surface area contributed by atoms with Gasteiger partial charge in [-0.2, -0.15) is 4.31 Å². The smallest absolute Gasteiger partial charge is 0.278 e. The summed E-state index contributed by atoms with van der Waals surface area (Å²) in [5, 5.41) is 2.61. The van der Waals surface area contributed by atoms with Crippen molar-refractivity contribution in [2.24, 2.45) is 0 Å². The lowest BCUT2D eigenvalue weighted by molar-refractivity contribution is -0.114. The van der Waals surface area contributed by atoms with Crippen molar-refractivity contribution in [2.75, 3.05) is 25.5 Å². The molecule has 2 aromatic rings. The highest BCUT2D eigenvalue weighted by atomic mass is 32.2. The normalized spacial score (nSPS) is 17.5. The molecule has 0 bridgehead atoms. The van der Waals surface area contributed by atoms with Crippen molar-refractivity contribution in [1.82, 2.24) is 14.3 Å². The summed E-state index contributed by atoms with van der Waals surface area (Å²) in [4.78, 5) is 19.3. The predicted octanol–water partition coefficient (Wildman–Crippen LogP) is 1.29. The molecular formula is C17H20N4O5S. The Balaban J connectivity index is 1.69. The van der Waals surface area contributed by atoms with Gasteiger partial charge in [0.2, 0.25) is 15.9 Å². The molecule has 3 rings (SSSR count). The number of carbonyl (C=O) groups excluding carboxylic acids is 1. The zero-order valence-corrected chi connectivity index (χ0v) is 15.8. The third-order valence-corrected chi connectivity index (χ3v) is 5.90. The molecule has 1 N–H and O–H groups in total. The van der Waals surface area contributed by atoms with Crippen LogP contribution in [0, 0.1) is 0 Å². The molecule has 1 fully saturated rings. The summed E-state index contributed by atoms with van der Waals surface area (Å²) in [6.45, 7) is 1.93.